The summed E-state index contributed by atoms with van der Waals surface area (Å²) >= 11 is 3.18. The number of hydrogen-bond donors (Lipinski definition) is 3. The van der Waals surface area contributed by atoms with Gasteiger partial charge in [-0.05, 0) is 37.3 Å². The van der Waals surface area contributed by atoms with Gasteiger partial charge in [0.25, 0.3) is 0 Å². The van der Waals surface area contributed by atoms with Gasteiger partial charge in [0, 0.05) is 22.1 Å². The minimum atomic E-state index is -4.83. The number of aliphatic hydroxyl groups is 1. The van der Waals surface area contributed by atoms with Crippen LogP contribution in [0.1, 0.15) is 6.92 Å². The molecule has 3 rings (SSSR count). The van der Waals surface area contributed by atoms with E-state index in [2.05, 4.69) is 41.3 Å². The minimum absolute atomic E-state index is 0.0983. The van der Waals surface area contributed by atoms with E-state index in [4.69, 9.17) is 0 Å². The topological polar surface area (TPSA) is 79.3 Å². The van der Waals surface area contributed by atoms with E-state index in [0.717, 1.165) is 0 Å². The molecule has 1 heterocycles. The SMILES string of the molecule is C[C@@H](CO)Nc1nc(Nc2ccc(Br)cc2F)cc(-c2cccc(OC(F)(F)F)c2)n1. The Bertz CT molecular complexity index is 1070. The van der Waals surface area contributed by atoms with E-state index in [-0.39, 0.29) is 29.8 Å². The fourth-order valence-electron chi connectivity index (χ4n) is 2.57. The summed E-state index contributed by atoms with van der Waals surface area (Å²) in [6.45, 7) is 1.49. The van der Waals surface area contributed by atoms with Crippen molar-refractivity contribution >= 4 is 33.4 Å². The van der Waals surface area contributed by atoms with Crippen LogP contribution >= 0.6 is 15.9 Å². The van der Waals surface area contributed by atoms with Gasteiger partial charge in [0.1, 0.15) is 17.4 Å². The van der Waals surface area contributed by atoms with E-state index in [1.165, 1.54) is 36.4 Å². The predicted octanol–water partition coefficient (Wildman–Crippen LogP) is 5.48. The summed E-state index contributed by atoms with van der Waals surface area (Å²) in [5.74, 6) is -0.647. The van der Waals surface area contributed by atoms with Gasteiger partial charge in [-0.1, -0.05) is 28.1 Å². The third-order valence-electron chi connectivity index (χ3n) is 3.93. The highest BCUT2D eigenvalue weighted by molar-refractivity contribution is 9.10. The number of ether oxygens (including phenoxy) is 1. The molecule has 11 heteroatoms. The van der Waals surface area contributed by atoms with Crippen molar-refractivity contribution in [2.45, 2.75) is 19.3 Å². The van der Waals surface area contributed by atoms with Crippen molar-refractivity contribution in [1.29, 1.82) is 0 Å². The second-order valence-corrected chi connectivity index (χ2v) is 7.43. The van der Waals surface area contributed by atoms with Crippen LogP contribution in [0.3, 0.4) is 0 Å². The van der Waals surface area contributed by atoms with Gasteiger partial charge in [0.15, 0.2) is 0 Å². The van der Waals surface area contributed by atoms with Gasteiger partial charge in [-0.25, -0.2) is 9.37 Å². The Balaban J connectivity index is 2.00. The molecule has 3 N–H and O–H groups in total. The Kier molecular flexibility index (Phi) is 6.96. The van der Waals surface area contributed by atoms with Crippen LogP contribution in [-0.4, -0.2) is 34.1 Å². The summed E-state index contributed by atoms with van der Waals surface area (Å²) in [6.07, 6.45) is -4.83. The van der Waals surface area contributed by atoms with E-state index in [1.807, 2.05) is 0 Å². The van der Waals surface area contributed by atoms with Crippen LogP contribution in [0, 0.1) is 5.82 Å². The molecule has 0 amide bonds. The van der Waals surface area contributed by atoms with Gasteiger partial charge in [-0.15, -0.1) is 13.2 Å². The lowest BCUT2D eigenvalue weighted by atomic mass is 10.1. The lowest BCUT2D eigenvalue weighted by Gasteiger charge is -2.15. The molecule has 1 aromatic heterocycles. The number of aromatic nitrogens is 2. The van der Waals surface area contributed by atoms with Crippen LogP contribution in [0.4, 0.5) is 35.0 Å². The fourth-order valence-corrected chi connectivity index (χ4v) is 2.90. The predicted molar refractivity (Wildman–Crippen MR) is 112 cm³/mol. The van der Waals surface area contributed by atoms with Crippen molar-refractivity contribution in [3.63, 3.8) is 0 Å². The Morgan fingerprint density at radius 3 is 2.58 bits per heavy atom. The number of benzene rings is 2. The van der Waals surface area contributed by atoms with Crippen molar-refractivity contribution in [3.05, 3.63) is 58.8 Å². The van der Waals surface area contributed by atoms with Gasteiger partial charge in [0.2, 0.25) is 5.95 Å². The first-order chi connectivity index (χ1) is 14.6. The maximum absolute atomic E-state index is 14.2. The van der Waals surface area contributed by atoms with Gasteiger partial charge in [0.05, 0.1) is 18.0 Å². The number of nitrogens with one attached hydrogen (secondary N) is 2. The molecule has 6 nitrogen and oxygen atoms in total. The highest BCUT2D eigenvalue weighted by Crippen LogP contribution is 2.30. The average Bonchev–Trinajstić information content (AvgIpc) is 2.69. The van der Waals surface area contributed by atoms with E-state index in [9.17, 15) is 22.7 Å². The van der Waals surface area contributed by atoms with Crippen molar-refractivity contribution < 1.29 is 27.4 Å². The second kappa shape index (κ2) is 9.48. The first-order valence-corrected chi connectivity index (χ1v) is 9.77. The maximum atomic E-state index is 14.2. The van der Waals surface area contributed by atoms with E-state index in [1.54, 1.807) is 19.1 Å². The lowest BCUT2D eigenvalue weighted by Crippen LogP contribution is -2.21. The molecule has 2 aromatic carbocycles. The molecule has 0 fully saturated rings. The molecule has 3 aromatic rings. The van der Waals surface area contributed by atoms with Crippen LogP contribution in [0.2, 0.25) is 0 Å². The summed E-state index contributed by atoms with van der Waals surface area (Å²) in [4.78, 5) is 8.55. The van der Waals surface area contributed by atoms with Crippen molar-refractivity contribution in [2.24, 2.45) is 0 Å². The first kappa shape index (κ1) is 22.8. The zero-order chi connectivity index (χ0) is 22.6. The first-order valence-electron chi connectivity index (χ1n) is 8.97. The average molecular weight is 501 g/mol. The number of aliphatic hydroxyl groups excluding tert-OH is 1. The normalized spacial score (nSPS) is 12.4. The van der Waals surface area contributed by atoms with Crippen molar-refractivity contribution in [2.75, 3.05) is 17.2 Å². The molecule has 0 radical (unpaired) electrons. The Morgan fingerprint density at radius 2 is 1.90 bits per heavy atom. The van der Waals surface area contributed by atoms with Crippen LogP contribution < -0.4 is 15.4 Å². The number of rotatable bonds is 7. The molecular weight excluding hydrogens is 484 g/mol. The number of halogens is 5. The molecular formula is C20H17BrF4N4O2. The number of anilines is 3. The third kappa shape index (κ3) is 6.53. The van der Waals surface area contributed by atoms with E-state index < -0.39 is 24.0 Å². The standard InChI is InChI=1S/C20H17BrF4N4O2/c1-11(10-30)26-19-28-17(12-3-2-4-14(7-12)31-20(23,24)25)9-18(29-19)27-16-6-5-13(21)8-15(16)22/h2-9,11,30H,10H2,1H3,(H2,26,27,28,29)/t11-/m0/s1. The summed E-state index contributed by atoms with van der Waals surface area (Å²) in [5.41, 5.74) is 0.724. The van der Waals surface area contributed by atoms with Crippen molar-refractivity contribution in [3.8, 4) is 17.0 Å². The Morgan fingerprint density at radius 1 is 1.13 bits per heavy atom. The van der Waals surface area contributed by atoms with Gasteiger partial charge >= 0.3 is 6.36 Å². The molecule has 164 valence electrons. The second-order valence-electron chi connectivity index (χ2n) is 6.51. The summed E-state index contributed by atoms with van der Waals surface area (Å²) in [7, 11) is 0. The van der Waals surface area contributed by atoms with Crippen LogP contribution in [0.5, 0.6) is 5.75 Å². The monoisotopic (exact) mass is 500 g/mol. The molecule has 0 aliphatic rings. The van der Waals surface area contributed by atoms with Gasteiger partial charge in [-0.3, -0.25) is 0 Å². The van der Waals surface area contributed by atoms with E-state index >= 15 is 0 Å². The minimum Gasteiger partial charge on any atom is -0.406 e. The summed E-state index contributed by atoms with van der Waals surface area (Å²) in [6, 6.07) is 10.8. The smallest absolute Gasteiger partial charge is 0.406 e. The molecule has 1 atom stereocenters. The largest absolute Gasteiger partial charge is 0.573 e. The zero-order valence-electron chi connectivity index (χ0n) is 16.0. The quantitative estimate of drug-likeness (QED) is 0.373. The molecule has 0 spiro atoms. The number of nitrogens with zero attached hydrogens (tertiary/aromatic N) is 2. The summed E-state index contributed by atoms with van der Waals surface area (Å²) < 4.78 is 56.4. The maximum Gasteiger partial charge on any atom is 0.573 e. The molecule has 0 unspecified atom stereocenters. The lowest BCUT2D eigenvalue weighted by molar-refractivity contribution is -0.274. The van der Waals surface area contributed by atoms with Crippen molar-refractivity contribution in [1.82, 2.24) is 9.97 Å². The van der Waals surface area contributed by atoms with Crippen LogP contribution in [0.15, 0.2) is 53.0 Å². The highest BCUT2D eigenvalue weighted by atomic mass is 79.9. The third-order valence-corrected chi connectivity index (χ3v) is 4.43. The number of hydrogen-bond acceptors (Lipinski definition) is 6. The molecule has 0 aliphatic heterocycles. The molecule has 0 bridgehead atoms. The Hall–Kier alpha value is -2.92. The number of alkyl halides is 3. The Labute approximate surface area is 183 Å². The fraction of sp³-hybridized carbons (Fsp3) is 0.200. The molecule has 0 saturated heterocycles. The van der Waals surface area contributed by atoms with Gasteiger partial charge in [-0.2, -0.15) is 4.98 Å². The highest BCUT2D eigenvalue weighted by Gasteiger charge is 2.31. The van der Waals surface area contributed by atoms with Crippen LogP contribution in [0.25, 0.3) is 11.3 Å². The summed E-state index contributed by atoms with van der Waals surface area (Å²) in [5, 5.41) is 15.0. The molecule has 31 heavy (non-hydrogen) atoms. The molecule has 0 saturated carbocycles. The zero-order valence-corrected chi connectivity index (χ0v) is 17.6. The molecule has 0 aliphatic carbocycles. The van der Waals surface area contributed by atoms with Gasteiger partial charge < -0.3 is 20.5 Å². The van der Waals surface area contributed by atoms with E-state index in [0.29, 0.717) is 10.0 Å². The van der Waals surface area contributed by atoms with Crippen LogP contribution in [-0.2, 0) is 0 Å².